The Balaban J connectivity index is 0.000000181. The fourth-order valence-corrected chi connectivity index (χ4v) is 5.68. The number of phenolic OH excluding ortho intramolecular Hbond substituents is 1. The molecule has 5 rings (SSSR count). The van der Waals surface area contributed by atoms with Crippen molar-refractivity contribution in [3.63, 3.8) is 0 Å². The minimum Gasteiger partial charge on any atom is -0.504 e. The number of rotatable bonds is 4. The molecule has 0 aliphatic heterocycles. The fourth-order valence-electron chi connectivity index (χ4n) is 3.38. The van der Waals surface area contributed by atoms with E-state index in [4.69, 9.17) is 4.52 Å². The Kier molecular flexibility index (Phi) is 9.65. The van der Waals surface area contributed by atoms with Crippen molar-refractivity contribution in [2.75, 3.05) is 0 Å². The summed E-state index contributed by atoms with van der Waals surface area (Å²) in [4.78, 5) is 0. The molecule has 0 unspecified atom stereocenters. The van der Waals surface area contributed by atoms with E-state index in [9.17, 15) is 22.4 Å². The molecule has 0 radical (unpaired) electrons. The maximum Gasteiger partial charge on any atom is 0.673 e. The van der Waals surface area contributed by atoms with Crippen LogP contribution in [0, 0.1) is 0 Å². The lowest BCUT2D eigenvalue weighted by atomic mass is 10.2. The minimum atomic E-state index is -6.00. The average molecular weight is 513 g/mol. The van der Waals surface area contributed by atoms with Crippen molar-refractivity contribution in [2.45, 2.75) is 13.5 Å². The van der Waals surface area contributed by atoms with E-state index in [2.05, 4.69) is 91.0 Å². The predicted octanol–water partition coefficient (Wildman–Crippen LogP) is 6.19. The van der Waals surface area contributed by atoms with Crippen LogP contribution in [0.4, 0.5) is 17.3 Å². The number of fused-ring (bicyclic) bond motifs is 1. The lowest BCUT2D eigenvalue weighted by molar-refractivity contribution is -0.857. The van der Waals surface area contributed by atoms with Crippen LogP contribution in [0.2, 0.25) is 0 Å². The van der Waals surface area contributed by atoms with Crippen molar-refractivity contribution in [3.05, 3.63) is 115 Å². The first-order chi connectivity index (χ1) is 17.3. The van der Waals surface area contributed by atoms with E-state index >= 15 is 0 Å². The van der Waals surface area contributed by atoms with E-state index in [1.54, 1.807) is 16.9 Å². The van der Waals surface area contributed by atoms with Crippen molar-refractivity contribution in [1.29, 1.82) is 0 Å². The van der Waals surface area contributed by atoms with Crippen LogP contribution >= 0.6 is 7.92 Å². The number of aromatic nitrogens is 1. The molecule has 0 saturated carbocycles. The molecule has 1 heterocycles. The standard InChI is InChI=1S/C18H15P.C9H9NO2.BF4/c1-4-10-16(11-5-1)19(17-12-6-2-7-13-17)18-14-8-3-9-15-18;1-2-10-6-7-4-3-5-8(11)9(7)12-10;2-1(3,4)5/h1-15H;3-6H,2H2,1H3;/q;;-1/p+1. The highest BCUT2D eigenvalue weighted by Crippen LogP contribution is 2.32. The summed E-state index contributed by atoms with van der Waals surface area (Å²) in [6.07, 6.45) is 1.87. The second-order valence-corrected chi connectivity index (χ2v) is 9.71. The molecule has 3 nitrogen and oxygen atoms in total. The molecule has 5 aromatic rings. The summed E-state index contributed by atoms with van der Waals surface area (Å²) >= 11 is 0. The number of phenols is 1. The third-order valence-corrected chi connectivity index (χ3v) is 7.31. The fraction of sp³-hybridized carbons (Fsp3) is 0.0741. The van der Waals surface area contributed by atoms with E-state index < -0.39 is 15.2 Å². The number of halogens is 4. The average Bonchev–Trinajstić information content (AvgIpc) is 3.31. The van der Waals surface area contributed by atoms with Gasteiger partial charge in [-0.05, 0) is 47.6 Å². The Morgan fingerprint density at radius 2 is 1.11 bits per heavy atom. The Morgan fingerprint density at radius 3 is 1.47 bits per heavy atom. The molecule has 0 bridgehead atoms. The molecular weight excluding hydrogens is 488 g/mol. The van der Waals surface area contributed by atoms with Gasteiger partial charge in [-0.25, -0.2) is 4.52 Å². The molecule has 36 heavy (non-hydrogen) atoms. The van der Waals surface area contributed by atoms with Gasteiger partial charge in [0.1, 0.15) is 0 Å². The second kappa shape index (κ2) is 12.9. The number of hydrogen-bond acceptors (Lipinski definition) is 2. The first-order valence-electron chi connectivity index (χ1n) is 11.2. The number of benzene rings is 4. The minimum absolute atomic E-state index is 0.194. The highest BCUT2D eigenvalue weighted by molar-refractivity contribution is 7.79. The first kappa shape index (κ1) is 27.0. The van der Waals surface area contributed by atoms with Crippen LogP contribution in [0.5, 0.6) is 5.75 Å². The van der Waals surface area contributed by atoms with Crippen molar-refractivity contribution in [1.82, 2.24) is 0 Å². The van der Waals surface area contributed by atoms with E-state index in [1.807, 2.05) is 19.2 Å². The Hall–Kier alpha value is -3.64. The van der Waals surface area contributed by atoms with Crippen LogP contribution in [0.1, 0.15) is 6.92 Å². The van der Waals surface area contributed by atoms with E-state index in [-0.39, 0.29) is 5.75 Å². The van der Waals surface area contributed by atoms with Gasteiger partial charge in [0.25, 0.3) is 5.58 Å². The third-order valence-electron chi connectivity index (χ3n) is 4.87. The number of para-hydroxylation sites is 1. The SMILES string of the molecule is CC[n+]1cc2cccc(O)c2o1.F[B-](F)(F)F.c1ccc(P(c2ccccc2)c2ccccc2)cc1. The first-order valence-corrected chi connectivity index (χ1v) is 12.5. The maximum absolute atomic E-state index is 9.75. The molecule has 0 spiro atoms. The molecule has 0 aliphatic rings. The zero-order chi connectivity index (χ0) is 26.0. The molecule has 0 amide bonds. The van der Waals surface area contributed by atoms with E-state index in [0.29, 0.717) is 5.58 Å². The van der Waals surface area contributed by atoms with Gasteiger partial charge in [0.15, 0.2) is 12.3 Å². The van der Waals surface area contributed by atoms with Crippen molar-refractivity contribution < 1.29 is 31.6 Å². The molecule has 186 valence electrons. The van der Waals surface area contributed by atoms with Gasteiger partial charge in [0.05, 0.1) is 5.39 Å². The second-order valence-electron chi connectivity index (χ2n) is 7.49. The number of nitrogens with zero attached hydrogens (tertiary/aromatic N) is 1. The van der Waals surface area contributed by atoms with Crippen LogP contribution in [0.25, 0.3) is 11.0 Å². The summed E-state index contributed by atoms with van der Waals surface area (Å²) in [5.74, 6) is 0.194. The van der Waals surface area contributed by atoms with Gasteiger partial charge < -0.3 is 22.4 Å². The third kappa shape index (κ3) is 8.24. The van der Waals surface area contributed by atoms with Crippen LogP contribution in [-0.2, 0) is 6.54 Å². The van der Waals surface area contributed by atoms with Gasteiger partial charge in [-0.2, -0.15) is 0 Å². The molecule has 0 fully saturated rings. The molecule has 1 aromatic heterocycles. The topological polar surface area (TPSA) is 37.2 Å². The summed E-state index contributed by atoms with van der Waals surface area (Å²) in [7, 11) is -6.45. The monoisotopic (exact) mass is 513 g/mol. The molecule has 0 atom stereocenters. The Bertz CT molecular complexity index is 1230. The summed E-state index contributed by atoms with van der Waals surface area (Å²) in [6, 6.07) is 37.6. The Labute approximate surface area is 208 Å². The predicted molar refractivity (Wildman–Crippen MR) is 139 cm³/mol. The van der Waals surface area contributed by atoms with Crippen LogP contribution < -0.4 is 20.7 Å². The lowest BCUT2D eigenvalue weighted by Crippen LogP contribution is -2.27. The maximum atomic E-state index is 9.75. The van der Waals surface area contributed by atoms with Crippen LogP contribution in [0.3, 0.4) is 0 Å². The van der Waals surface area contributed by atoms with Gasteiger partial charge in [0, 0.05) is 0 Å². The zero-order valence-corrected chi connectivity index (χ0v) is 20.4. The molecule has 1 N–H and O–H groups in total. The highest BCUT2D eigenvalue weighted by Gasteiger charge is 2.20. The lowest BCUT2D eigenvalue weighted by Gasteiger charge is -2.18. The molecule has 4 aromatic carbocycles. The van der Waals surface area contributed by atoms with E-state index in [1.165, 1.54) is 15.9 Å². The van der Waals surface area contributed by atoms with Crippen LogP contribution in [0.15, 0.2) is 120 Å². The quantitative estimate of drug-likeness (QED) is 0.135. The summed E-state index contributed by atoms with van der Waals surface area (Å²) in [6.45, 7) is 2.76. The van der Waals surface area contributed by atoms with Gasteiger partial charge >= 0.3 is 7.25 Å². The van der Waals surface area contributed by atoms with Crippen molar-refractivity contribution in [3.8, 4) is 5.75 Å². The number of aromatic hydroxyl groups is 1. The highest BCUT2D eigenvalue weighted by atomic mass is 31.1. The normalized spacial score (nSPS) is 10.8. The number of hydrogen-bond donors (Lipinski definition) is 1. The summed E-state index contributed by atoms with van der Waals surface area (Å²) in [5, 5.41) is 14.5. The van der Waals surface area contributed by atoms with Gasteiger partial charge in [-0.1, -0.05) is 97.1 Å². The molecule has 9 heteroatoms. The van der Waals surface area contributed by atoms with E-state index in [0.717, 1.165) is 11.9 Å². The van der Waals surface area contributed by atoms with Crippen LogP contribution in [-0.4, -0.2) is 12.4 Å². The van der Waals surface area contributed by atoms with Crippen molar-refractivity contribution in [2.24, 2.45) is 0 Å². The number of aryl methyl sites for hydroxylation is 1. The molecule has 0 saturated heterocycles. The zero-order valence-electron chi connectivity index (χ0n) is 19.5. The van der Waals surface area contributed by atoms with Gasteiger partial charge in [0.2, 0.25) is 6.20 Å². The van der Waals surface area contributed by atoms with Gasteiger partial charge in [-0.15, -0.1) is 0 Å². The Morgan fingerprint density at radius 1 is 0.694 bits per heavy atom. The molecule has 0 aliphatic carbocycles. The largest absolute Gasteiger partial charge is 0.673 e. The summed E-state index contributed by atoms with van der Waals surface area (Å²) < 4.78 is 46.0. The van der Waals surface area contributed by atoms with Crippen molar-refractivity contribution >= 4 is 42.1 Å². The van der Waals surface area contributed by atoms with Gasteiger partial charge in [-0.3, -0.25) is 0 Å². The summed E-state index contributed by atoms with van der Waals surface area (Å²) in [5.41, 5.74) is 0.555. The smallest absolute Gasteiger partial charge is 0.504 e. The molecular formula is C27H25BF4NO2P.